The second-order valence-electron chi connectivity index (χ2n) is 3.54. The van der Waals surface area contributed by atoms with E-state index in [4.69, 9.17) is 9.68 Å². The number of hydrogen-bond acceptors (Lipinski definition) is 2. The van der Waals surface area contributed by atoms with Gasteiger partial charge in [-0.15, -0.1) is 0 Å². The highest BCUT2D eigenvalue weighted by Gasteiger charge is 2.09. The number of furan rings is 1. The fourth-order valence-corrected chi connectivity index (χ4v) is 2.28. The third-order valence-corrected chi connectivity index (χ3v) is 3.20. The zero-order valence-corrected chi connectivity index (χ0v) is 9.78. The standard InChI is InChI=1S/C13H6BrNO/c14-11-3-1-2-10-9-5-4-8(7-15)6-12(9)16-13(10)11/h1-6H. The average Bonchev–Trinajstić information content (AvgIpc) is 2.68. The highest BCUT2D eigenvalue weighted by atomic mass is 79.9. The maximum absolute atomic E-state index is 8.83. The number of benzene rings is 2. The lowest BCUT2D eigenvalue weighted by Crippen LogP contribution is -1.71. The van der Waals surface area contributed by atoms with E-state index in [1.807, 2.05) is 24.3 Å². The highest BCUT2D eigenvalue weighted by molar-refractivity contribution is 9.10. The number of nitrogens with zero attached hydrogens (tertiary/aromatic N) is 1. The van der Waals surface area contributed by atoms with Crippen LogP contribution in [-0.4, -0.2) is 0 Å². The van der Waals surface area contributed by atoms with Crippen molar-refractivity contribution in [1.29, 1.82) is 5.26 Å². The van der Waals surface area contributed by atoms with Crippen molar-refractivity contribution < 1.29 is 4.42 Å². The van der Waals surface area contributed by atoms with Crippen molar-refractivity contribution in [2.75, 3.05) is 0 Å². The summed E-state index contributed by atoms with van der Waals surface area (Å²) in [6, 6.07) is 13.5. The van der Waals surface area contributed by atoms with Gasteiger partial charge in [0.25, 0.3) is 0 Å². The molecule has 3 rings (SSSR count). The van der Waals surface area contributed by atoms with E-state index in [1.54, 1.807) is 12.1 Å². The molecule has 0 spiro atoms. The van der Waals surface area contributed by atoms with Crippen LogP contribution in [0.5, 0.6) is 0 Å². The van der Waals surface area contributed by atoms with Gasteiger partial charge in [-0.2, -0.15) is 5.26 Å². The van der Waals surface area contributed by atoms with Crippen molar-refractivity contribution in [3.63, 3.8) is 0 Å². The summed E-state index contributed by atoms with van der Waals surface area (Å²) in [5.41, 5.74) is 2.19. The molecular formula is C13H6BrNO. The molecule has 76 valence electrons. The Morgan fingerprint density at radius 2 is 2.00 bits per heavy atom. The Labute approximate surface area is 100 Å². The summed E-state index contributed by atoms with van der Waals surface area (Å²) >= 11 is 3.45. The molecular weight excluding hydrogens is 266 g/mol. The summed E-state index contributed by atoms with van der Waals surface area (Å²) in [7, 11) is 0. The van der Waals surface area contributed by atoms with E-state index in [2.05, 4.69) is 22.0 Å². The van der Waals surface area contributed by atoms with Gasteiger partial charge in [-0.3, -0.25) is 0 Å². The summed E-state index contributed by atoms with van der Waals surface area (Å²) in [4.78, 5) is 0. The predicted molar refractivity (Wildman–Crippen MR) is 66.1 cm³/mol. The third-order valence-electron chi connectivity index (χ3n) is 2.58. The van der Waals surface area contributed by atoms with Gasteiger partial charge in [-0.1, -0.05) is 12.1 Å². The number of rotatable bonds is 0. The number of nitriles is 1. The van der Waals surface area contributed by atoms with Crippen LogP contribution in [0, 0.1) is 11.3 Å². The Bertz CT molecular complexity index is 737. The molecule has 2 aromatic carbocycles. The lowest BCUT2D eigenvalue weighted by atomic mass is 10.1. The Morgan fingerprint density at radius 1 is 1.12 bits per heavy atom. The maximum atomic E-state index is 8.83. The van der Waals surface area contributed by atoms with E-state index >= 15 is 0 Å². The van der Waals surface area contributed by atoms with E-state index in [9.17, 15) is 0 Å². The lowest BCUT2D eigenvalue weighted by Gasteiger charge is -1.90. The molecule has 3 aromatic rings. The van der Waals surface area contributed by atoms with Crippen LogP contribution in [0.4, 0.5) is 0 Å². The average molecular weight is 272 g/mol. The minimum atomic E-state index is 0.614. The van der Waals surface area contributed by atoms with Crippen molar-refractivity contribution in [2.24, 2.45) is 0 Å². The molecule has 0 aliphatic rings. The second kappa shape index (κ2) is 3.36. The molecule has 1 aromatic heterocycles. The van der Waals surface area contributed by atoms with Gasteiger partial charge in [-0.25, -0.2) is 0 Å². The molecule has 0 bridgehead atoms. The van der Waals surface area contributed by atoms with Crippen molar-refractivity contribution in [3.8, 4) is 6.07 Å². The number of hydrogen-bond donors (Lipinski definition) is 0. The summed E-state index contributed by atoms with van der Waals surface area (Å²) in [5.74, 6) is 0. The molecule has 1 heterocycles. The van der Waals surface area contributed by atoms with E-state index in [1.165, 1.54) is 0 Å². The monoisotopic (exact) mass is 271 g/mol. The Hall–Kier alpha value is -1.79. The topological polar surface area (TPSA) is 36.9 Å². The molecule has 0 amide bonds. The normalized spacial score (nSPS) is 10.8. The summed E-state index contributed by atoms with van der Waals surface area (Å²) in [6.45, 7) is 0. The molecule has 0 saturated heterocycles. The van der Waals surface area contributed by atoms with Gasteiger partial charge < -0.3 is 4.42 Å². The van der Waals surface area contributed by atoms with Crippen LogP contribution < -0.4 is 0 Å². The zero-order valence-electron chi connectivity index (χ0n) is 8.20. The van der Waals surface area contributed by atoms with Gasteiger partial charge in [0, 0.05) is 10.8 Å². The van der Waals surface area contributed by atoms with Crippen LogP contribution in [0.3, 0.4) is 0 Å². The minimum absolute atomic E-state index is 0.614. The SMILES string of the molecule is N#Cc1ccc2c(c1)oc1c(Br)cccc12. The minimum Gasteiger partial charge on any atom is -0.455 e. The first kappa shape index (κ1) is 9.44. The van der Waals surface area contributed by atoms with Gasteiger partial charge >= 0.3 is 0 Å². The van der Waals surface area contributed by atoms with Crippen LogP contribution in [0.1, 0.15) is 5.56 Å². The fraction of sp³-hybridized carbons (Fsp3) is 0. The zero-order chi connectivity index (χ0) is 11.1. The quantitative estimate of drug-likeness (QED) is 0.614. The number of fused-ring (bicyclic) bond motifs is 3. The van der Waals surface area contributed by atoms with Gasteiger partial charge in [-0.05, 0) is 40.2 Å². The Balaban J connectivity index is 2.51. The molecule has 0 saturated carbocycles. The first-order valence-electron chi connectivity index (χ1n) is 4.80. The number of halogens is 1. The highest BCUT2D eigenvalue weighted by Crippen LogP contribution is 2.33. The van der Waals surface area contributed by atoms with Gasteiger partial charge in [0.15, 0.2) is 0 Å². The van der Waals surface area contributed by atoms with Crippen LogP contribution >= 0.6 is 15.9 Å². The smallest absolute Gasteiger partial charge is 0.149 e. The van der Waals surface area contributed by atoms with E-state index < -0.39 is 0 Å². The molecule has 16 heavy (non-hydrogen) atoms. The van der Waals surface area contributed by atoms with Gasteiger partial charge in [0.05, 0.1) is 16.1 Å². The predicted octanol–water partition coefficient (Wildman–Crippen LogP) is 4.22. The van der Waals surface area contributed by atoms with Crippen LogP contribution in [0.15, 0.2) is 45.3 Å². The third kappa shape index (κ3) is 1.24. The molecule has 3 heteroatoms. The first-order valence-corrected chi connectivity index (χ1v) is 5.60. The molecule has 0 fully saturated rings. The van der Waals surface area contributed by atoms with Crippen LogP contribution in [0.25, 0.3) is 21.9 Å². The van der Waals surface area contributed by atoms with Crippen molar-refractivity contribution >= 4 is 37.9 Å². The Morgan fingerprint density at radius 3 is 2.81 bits per heavy atom. The summed E-state index contributed by atoms with van der Waals surface area (Å²) in [6.07, 6.45) is 0. The van der Waals surface area contributed by atoms with Crippen LogP contribution in [0.2, 0.25) is 0 Å². The Kier molecular flexibility index (Phi) is 1.98. The molecule has 0 N–H and O–H groups in total. The molecule has 2 nitrogen and oxygen atoms in total. The molecule has 0 unspecified atom stereocenters. The fourth-order valence-electron chi connectivity index (χ4n) is 1.83. The van der Waals surface area contributed by atoms with E-state index in [0.29, 0.717) is 5.56 Å². The second-order valence-corrected chi connectivity index (χ2v) is 4.40. The van der Waals surface area contributed by atoms with Crippen molar-refractivity contribution in [3.05, 3.63) is 46.4 Å². The van der Waals surface area contributed by atoms with E-state index in [0.717, 1.165) is 26.4 Å². The summed E-state index contributed by atoms with van der Waals surface area (Å²) in [5, 5.41) is 10.9. The molecule has 0 atom stereocenters. The van der Waals surface area contributed by atoms with Crippen molar-refractivity contribution in [1.82, 2.24) is 0 Å². The lowest BCUT2D eigenvalue weighted by molar-refractivity contribution is 0.666. The van der Waals surface area contributed by atoms with Gasteiger partial charge in [0.1, 0.15) is 11.2 Å². The van der Waals surface area contributed by atoms with Crippen molar-refractivity contribution in [2.45, 2.75) is 0 Å². The first-order chi connectivity index (χ1) is 7.79. The van der Waals surface area contributed by atoms with E-state index in [-0.39, 0.29) is 0 Å². The molecule has 0 aliphatic carbocycles. The van der Waals surface area contributed by atoms with Crippen LogP contribution in [-0.2, 0) is 0 Å². The molecule has 0 radical (unpaired) electrons. The number of para-hydroxylation sites is 1. The molecule has 0 aliphatic heterocycles. The largest absolute Gasteiger partial charge is 0.455 e. The summed E-state index contributed by atoms with van der Waals surface area (Å²) < 4.78 is 6.66. The van der Waals surface area contributed by atoms with Gasteiger partial charge in [0.2, 0.25) is 0 Å². The maximum Gasteiger partial charge on any atom is 0.149 e.